The van der Waals surface area contributed by atoms with Crippen LogP contribution in [0.2, 0.25) is 0 Å². The first-order valence-corrected chi connectivity index (χ1v) is 21.9. The second-order valence-corrected chi connectivity index (χ2v) is 17.7. The monoisotopic (exact) mass is 813 g/mol. The average Bonchev–Trinajstić information content (AvgIpc) is 3.98. The molecule has 10 rings (SSSR count). The summed E-state index contributed by atoms with van der Waals surface area (Å²) < 4.78 is 9.49. The molecule has 0 fully saturated rings. The van der Waals surface area contributed by atoms with Crippen molar-refractivity contribution in [1.29, 1.82) is 0 Å². The van der Waals surface area contributed by atoms with E-state index >= 15 is 0 Å². The van der Waals surface area contributed by atoms with Gasteiger partial charge in [-0.05, 0) is 137 Å². The van der Waals surface area contributed by atoms with Gasteiger partial charge >= 0.3 is 0 Å². The first kappa shape index (κ1) is 37.7. The highest BCUT2D eigenvalue weighted by Crippen LogP contribution is 2.53. The lowest BCUT2D eigenvalue weighted by Crippen LogP contribution is -2.30. The molecule has 0 unspecified atom stereocenters. The van der Waals surface area contributed by atoms with E-state index in [1.807, 2.05) is 36.4 Å². The molecule has 60 heavy (non-hydrogen) atoms. The Morgan fingerprint density at radius 2 is 0.800 bits per heavy atom. The van der Waals surface area contributed by atoms with E-state index in [-0.39, 0.29) is 5.41 Å². The number of anilines is 3. The van der Waals surface area contributed by atoms with Crippen molar-refractivity contribution < 1.29 is 0 Å². The number of hydrogen-bond acceptors (Lipinski definition) is 7. The maximum absolute atomic E-state index is 5.00. The molecule has 0 radical (unpaired) electrons. The zero-order valence-electron chi connectivity index (χ0n) is 34.5. The molecule has 1 aliphatic heterocycles. The Labute approximate surface area is 360 Å². The van der Waals surface area contributed by atoms with Crippen molar-refractivity contribution in [2.45, 2.75) is 47.0 Å². The number of hydrogen-bond donors (Lipinski definition) is 0. The smallest absolute Gasteiger partial charge is 0.173 e. The maximum atomic E-state index is 5.00. The average molecular weight is 814 g/mol. The van der Waals surface area contributed by atoms with E-state index < -0.39 is 0 Å². The summed E-state index contributed by atoms with van der Waals surface area (Å²) >= 11 is 2.91. The second-order valence-electron chi connectivity index (χ2n) is 16.2. The van der Waals surface area contributed by atoms with Gasteiger partial charge in [0.2, 0.25) is 0 Å². The van der Waals surface area contributed by atoms with Crippen molar-refractivity contribution in [3.05, 3.63) is 185 Å². The van der Waals surface area contributed by atoms with Gasteiger partial charge in [-0.25, -0.2) is 9.97 Å². The summed E-state index contributed by atoms with van der Waals surface area (Å²) in [5, 5.41) is 1.86. The molecular formula is C53H43N5S2. The first-order chi connectivity index (χ1) is 29.2. The quantitative estimate of drug-likeness (QED) is 0.160. The molecule has 0 saturated heterocycles. The highest BCUT2D eigenvalue weighted by atomic mass is 32.1. The molecule has 0 N–H and O–H groups in total. The molecule has 7 heteroatoms. The highest BCUT2D eigenvalue weighted by molar-refractivity contribution is 7.09. The number of rotatable bonds is 7. The summed E-state index contributed by atoms with van der Waals surface area (Å²) in [5.74, 6) is 1.53. The van der Waals surface area contributed by atoms with Crippen molar-refractivity contribution in [2.24, 2.45) is 0 Å². The molecular weight excluding hydrogens is 771 g/mol. The van der Waals surface area contributed by atoms with Crippen LogP contribution in [0.5, 0.6) is 0 Å². The Kier molecular flexibility index (Phi) is 9.38. The summed E-state index contributed by atoms with van der Waals surface area (Å²) in [6.07, 6.45) is 0. The number of benzene rings is 7. The molecule has 0 atom stereocenters. The lowest BCUT2D eigenvalue weighted by atomic mass is 9.73. The van der Waals surface area contributed by atoms with E-state index in [4.69, 9.17) is 18.7 Å². The summed E-state index contributed by atoms with van der Waals surface area (Å²) in [7, 11) is 0. The standard InChI is InChI=1S/C53H43N5S2/c1-32-34(3)43(51-54-49(56-59-51)36-17-9-7-10-18-36)27-25-41(32)38-29-39(42-26-28-44(35(4)33(42)2)52-55-50(57-60-52)37-19-11-8-12-20-37)31-40(30-38)58-47-23-15-13-21-45(47)53(5,6)46-22-14-16-24-48(46)58/h7-31H,1-6H3. The molecule has 9 aromatic rings. The van der Waals surface area contributed by atoms with Crippen LogP contribution >= 0.6 is 23.1 Å². The molecule has 2 aromatic heterocycles. The van der Waals surface area contributed by atoms with Gasteiger partial charge in [0.15, 0.2) is 11.6 Å². The third-order valence-corrected chi connectivity index (χ3v) is 13.9. The van der Waals surface area contributed by atoms with Gasteiger partial charge in [0, 0.05) is 33.4 Å². The van der Waals surface area contributed by atoms with Gasteiger partial charge < -0.3 is 4.90 Å². The van der Waals surface area contributed by atoms with Gasteiger partial charge in [0.1, 0.15) is 10.0 Å². The zero-order valence-corrected chi connectivity index (χ0v) is 36.1. The molecule has 3 heterocycles. The van der Waals surface area contributed by atoms with Gasteiger partial charge in [0.05, 0.1) is 11.4 Å². The van der Waals surface area contributed by atoms with Crippen molar-refractivity contribution in [3.63, 3.8) is 0 Å². The van der Waals surface area contributed by atoms with Crippen LogP contribution in [0.3, 0.4) is 0 Å². The van der Waals surface area contributed by atoms with Gasteiger partial charge in [-0.2, -0.15) is 8.75 Å². The van der Waals surface area contributed by atoms with Crippen molar-refractivity contribution >= 4 is 40.1 Å². The summed E-state index contributed by atoms with van der Waals surface area (Å²) in [6.45, 7) is 13.6. The molecule has 0 bridgehead atoms. The Morgan fingerprint density at radius 3 is 1.25 bits per heavy atom. The van der Waals surface area contributed by atoms with Crippen LogP contribution in [0.4, 0.5) is 17.1 Å². The second kappa shape index (κ2) is 14.9. The fourth-order valence-corrected chi connectivity index (χ4v) is 10.3. The summed E-state index contributed by atoms with van der Waals surface area (Å²) in [4.78, 5) is 12.5. The lowest BCUT2D eigenvalue weighted by molar-refractivity contribution is 0.632. The van der Waals surface area contributed by atoms with E-state index in [9.17, 15) is 0 Å². The Morgan fingerprint density at radius 1 is 0.417 bits per heavy atom. The fourth-order valence-electron chi connectivity index (χ4n) is 8.80. The third-order valence-electron chi connectivity index (χ3n) is 12.4. The first-order valence-electron chi connectivity index (χ1n) is 20.3. The molecule has 292 valence electrons. The van der Waals surface area contributed by atoms with Crippen LogP contribution in [-0.2, 0) is 5.41 Å². The van der Waals surface area contributed by atoms with Gasteiger partial charge in [-0.15, -0.1) is 0 Å². The van der Waals surface area contributed by atoms with Gasteiger partial charge in [-0.3, -0.25) is 0 Å². The van der Waals surface area contributed by atoms with Gasteiger partial charge in [-0.1, -0.05) is 135 Å². The van der Waals surface area contributed by atoms with Crippen molar-refractivity contribution in [3.8, 4) is 66.2 Å². The molecule has 0 amide bonds. The minimum atomic E-state index is -0.159. The summed E-state index contributed by atoms with van der Waals surface area (Å²) in [6, 6.07) is 54.3. The summed E-state index contributed by atoms with van der Waals surface area (Å²) in [5.41, 5.74) is 19.8. The zero-order chi connectivity index (χ0) is 41.1. The predicted octanol–water partition coefficient (Wildman–Crippen LogP) is 14.7. The van der Waals surface area contributed by atoms with Crippen molar-refractivity contribution in [1.82, 2.24) is 18.7 Å². The SMILES string of the molecule is Cc1c(-c2cc(-c3ccc(-c4nc(-c5ccccc5)ns4)c(C)c3C)cc(N3c4ccccc4C(C)(C)c4ccccc43)c2)ccc(-c2nc(-c3ccccc3)ns2)c1C. The number of fused-ring (bicyclic) bond motifs is 2. The molecule has 0 spiro atoms. The Bertz CT molecular complexity index is 2870. The van der Waals surface area contributed by atoms with Crippen LogP contribution in [-0.4, -0.2) is 18.7 Å². The number of nitrogens with zero attached hydrogens (tertiary/aromatic N) is 5. The van der Waals surface area contributed by atoms with E-state index in [0.717, 1.165) is 60.7 Å². The van der Waals surface area contributed by atoms with Crippen LogP contribution in [0, 0.1) is 27.7 Å². The van der Waals surface area contributed by atoms with Crippen LogP contribution in [0.1, 0.15) is 47.2 Å². The normalized spacial score (nSPS) is 12.9. The molecule has 7 aromatic carbocycles. The van der Waals surface area contributed by atoms with Crippen LogP contribution < -0.4 is 4.90 Å². The van der Waals surface area contributed by atoms with E-state index in [0.29, 0.717) is 0 Å². The molecule has 1 aliphatic rings. The number of para-hydroxylation sites is 2. The van der Waals surface area contributed by atoms with Crippen molar-refractivity contribution in [2.75, 3.05) is 4.90 Å². The van der Waals surface area contributed by atoms with Crippen LogP contribution in [0.25, 0.3) is 66.2 Å². The Hall–Kier alpha value is -6.54. The molecule has 0 saturated carbocycles. The largest absolute Gasteiger partial charge is 0.310 e. The predicted molar refractivity (Wildman–Crippen MR) is 252 cm³/mol. The minimum absolute atomic E-state index is 0.159. The molecule has 5 nitrogen and oxygen atoms in total. The van der Waals surface area contributed by atoms with Crippen LogP contribution in [0.15, 0.2) is 152 Å². The highest BCUT2D eigenvalue weighted by Gasteiger charge is 2.36. The fraction of sp³-hybridized carbons (Fsp3) is 0.132. The van der Waals surface area contributed by atoms with E-state index in [1.54, 1.807) is 0 Å². The lowest BCUT2D eigenvalue weighted by Gasteiger charge is -2.42. The third kappa shape index (κ3) is 6.37. The molecule has 0 aliphatic carbocycles. The topological polar surface area (TPSA) is 54.8 Å². The van der Waals surface area contributed by atoms with Gasteiger partial charge in [0.25, 0.3) is 0 Å². The van der Waals surface area contributed by atoms with E-state index in [1.165, 1.54) is 78.9 Å². The van der Waals surface area contributed by atoms with E-state index in [2.05, 4.69) is 162 Å². The number of aromatic nitrogens is 4. The Balaban J connectivity index is 1.13. The maximum Gasteiger partial charge on any atom is 0.173 e. The minimum Gasteiger partial charge on any atom is -0.310 e.